The molecule has 2 rings (SSSR count). The van der Waals surface area contributed by atoms with Crippen molar-refractivity contribution in [2.45, 2.75) is 31.4 Å². The predicted octanol–water partition coefficient (Wildman–Crippen LogP) is 1.34. The van der Waals surface area contributed by atoms with Gasteiger partial charge in [0.1, 0.15) is 0 Å². The molecule has 2 N–H and O–H groups in total. The highest BCUT2D eigenvalue weighted by Crippen LogP contribution is 2.23. The fraction of sp³-hybridized carbons (Fsp3) is 0.467. The Morgan fingerprint density at radius 1 is 1.50 bits per heavy atom. The van der Waals surface area contributed by atoms with Gasteiger partial charge in [0.2, 0.25) is 0 Å². The second-order valence-electron chi connectivity index (χ2n) is 5.33. The number of rotatable bonds is 6. The zero-order chi connectivity index (χ0) is 16.2. The first-order chi connectivity index (χ1) is 10.4. The lowest BCUT2D eigenvalue weighted by atomic mass is 9.94. The van der Waals surface area contributed by atoms with Crippen LogP contribution in [-0.2, 0) is 14.3 Å². The van der Waals surface area contributed by atoms with E-state index in [1.165, 1.54) is 25.1 Å². The highest BCUT2D eigenvalue weighted by molar-refractivity contribution is 5.82. The highest BCUT2D eigenvalue weighted by atomic mass is 19.1. The van der Waals surface area contributed by atoms with Crippen molar-refractivity contribution >= 4 is 11.9 Å². The summed E-state index contributed by atoms with van der Waals surface area (Å²) in [7, 11) is 0. The summed E-state index contributed by atoms with van der Waals surface area (Å²) in [5, 5.41) is 11.6. The molecule has 1 aromatic carbocycles. The number of carbonyl (C=O) groups excluding carboxylic acids is 1. The Balaban J connectivity index is 2.01. The molecular formula is C15H18FNO5. The number of carboxylic acids is 1. The van der Waals surface area contributed by atoms with Gasteiger partial charge in [-0.25, -0.2) is 4.39 Å². The molecule has 0 spiro atoms. The third-order valence-electron chi connectivity index (χ3n) is 3.49. The first-order valence-corrected chi connectivity index (χ1v) is 6.95. The first-order valence-electron chi connectivity index (χ1n) is 6.95. The van der Waals surface area contributed by atoms with Crippen LogP contribution in [0.2, 0.25) is 0 Å². The number of carboxylic acid groups (broad SMARTS) is 1. The molecule has 0 aliphatic carbocycles. The van der Waals surface area contributed by atoms with E-state index in [0.29, 0.717) is 13.0 Å². The minimum atomic E-state index is -1.02. The number of ether oxygens (including phenoxy) is 2. The van der Waals surface area contributed by atoms with E-state index in [1.54, 1.807) is 6.07 Å². The maximum atomic E-state index is 13.5. The molecule has 6 nitrogen and oxygen atoms in total. The number of carbonyl (C=O) groups is 2. The summed E-state index contributed by atoms with van der Waals surface area (Å²) >= 11 is 0. The molecule has 1 aromatic rings. The maximum absolute atomic E-state index is 13.5. The van der Waals surface area contributed by atoms with Crippen LogP contribution in [0.25, 0.3) is 0 Å². The largest absolute Gasteiger partial charge is 0.481 e. The summed E-state index contributed by atoms with van der Waals surface area (Å²) in [6.07, 6.45) is -0.772. The van der Waals surface area contributed by atoms with Gasteiger partial charge in [0.05, 0.1) is 18.6 Å². The van der Waals surface area contributed by atoms with Gasteiger partial charge in [-0.15, -0.1) is 0 Å². The van der Waals surface area contributed by atoms with Crippen LogP contribution in [0, 0.1) is 5.82 Å². The van der Waals surface area contributed by atoms with Crippen LogP contribution in [0.1, 0.15) is 19.8 Å². The zero-order valence-corrected chi connectivity index (χ0v) is 12.2. The highest BCUT2D eigenvalue weighted by Gasteiger charge is 2.39. The fourth-order valence-corrected chi connectivity index (χ4v) is 2.33. The van der Waals surface area contributed by atoms with Gasteiger partial charge in [0.15, 0.2) is 17.7 Å². The first kappa shape index (κ1) is 16.2. The average molecular weight is 311 g/mol. The van der Waals surface area contributed by atoms with Crippen LogP contribution in [-0.4, -0.2) is 41.8 Å². The summed E-state index contributed by atoms with van der Waals surface area (Å²) < 4.78 is 24.0. The molecule has 22 heavy (non-hydrogen) atoms. The Morgan fingerprint density at radius 2 is 2.23 bits per heavy atom. The molecule has 1 fully saturated rings. The topological polar surface area (TPSA) is 84.9 Å². The van der Waals surface area contributed by atoms with E-state index in [-0.39, 0.29) is 18.8 Å². The monoisotopic (exact) mass is 311 g/mol. The summed E-state index contributed by atoms with van der Waals surface area (Å²) in [4.78, 5) is 23.2. The molecular weight excluding hydrogens is 293 g/mol. The summed E-state index contributed by atoms with van der Waals surface area (Å²) in [6.45, 7) is 2.00. The zero-order valence-electron chi connectivity index (χ0n) is 12.2. The number of aliphatic carboxylic acids is 1. The van der Waals surface area contributed by atoms with Gasteiger partial charge in [-0.2, -0.15) is 0 Å². The average Bonchev–Trinajstić information content (AvgIpc) is 2.88. The number of benzene rings is 1. The smallest absolute Gasteiger partial charge is 0.305 e. The lowest BCUT2D eigenvalue weighted by Gasteiger charge is -2.28. The number of para-hydroxylation sites is 1. The van der Waals surface area contributed by atoms with Crippen molar-refractivity contribution in [1.82, 2.24) is 5.32 Å². The third-order valence-corrected chi connectivity index (χ3v) is 3.49. The van der Waals surface area contributed by atoms with Crippen LogP contribution in [0.4, 0.5) is 4.39 Å². The van der Waals surface area contributed by atoms with Crippen molar-refractivity contribution in [1.29, 1.82) is 0 Å². The minimum absolute atomic E-state index is 0.0277. The van der Waals surface area contributed by atoms with Crippen molar-refractivity contribution in [3.8, 4) is 5.75 Å². The number of hydrogen-bond donors (Lipinski definition) is 2. The van der Waals surface area contributed by atoms with E-state index < -0.39 is 29.3 Å². The van der Waals surface area contributed by atoms with Crippen molar-refractivity contribution in [2.75, 3.05) is 13.2 Å². The van der Waals surface area contributed by atoms with Crippen molar-refractivity contribution in [3.63, 3.8) is 0 Å². The Kier molecular flexibility index (Phi) is 4.97. The Labute approximate surface area is 127 Å². The predicted molar refractivity (Wildman–Crippen MR) is 75.1 cm³/mol. The van der Waals surface area contributed by atoms with Gasteiger partial charge < -0.3 is 19.9 Å². The number of hydrogen-bond acceptors (Lipinski definition) is 4. The molecule has 1 amide bonds. The number of nitrogens with one attached hydrogen (secondary N) is 1. The molecule has 120 valence electrons. The van der Waals surface area contributed by atoms with E-state index in [4.69, 9.17) is 14.6 Å². The Morgan fingerprint density at radius 3 is 2.82 bits per heavy atom. The van der Waals surface area contributed by atoms with Gasteiger partial charge in [-0.1, -0.05) is 12.1 Å². The van der Waals surface area contributed by atoms with E-state index in [1.807, 2.05) is 0 Å². The Hall–Kier alpha value is -2.15. The standard InChI is InChI=1S/C15H18FNO5/c1-10(22-12-5-3-2-4-11(12)16)14(20)17-15(8-13(18)19)6-7-21-9-15/h2-5,10H,6-9H2,1H3,(H,17,20)(H,18,19). The minimum Gasteiger partial charge on any atom is -0.481 e. The normalized spacial score (nSPS) is 22.1. The van der Waals surface area contributed by atoms with E-state index >= 15 is 0 Å². The second kappa shape index (κ2) is 6.74. The fourth-order valence-electron chi connectivity index (χ4n) is 2.33. The van der Waals surface area contributed by atoms with Crippen molar-refractivity contribution in [3.05, 3.63) is 30.1 Å². The van der Waals surface area contributed by atoms with Gasteiger partial charge in [0, 0.05) is 6.61 Å². The molecule has 0 radical (unpaired) electrons. The number of amides is 1. The van der Waals surface area contributed by atoms with Crippen LogP contribution < -0.4 is 10.1 Å². The molecule has 0 aromatic heterocycles. The van der Waals surface area contributed by atoms with Gasteiger partial charge in [-0.05, 0) is 25.5 Å². The number of halogens is 1. The molecule has 1 saturated heterocycles. The van der Waals surface area contributed by atoms with E-state index in [9.17, 15) is 14.0 Å². The Bertz CT molecular complexity index is 557. The molecule has 1 aliphatic rings. The molecule has 2 atom stereocenters. The summed E-state index contributed by atoms with van der Waals surface area (Å²) in [5.74, 6) is -2.12. The van der Waals surface area contributed by atoms with Gasteiger partial charge in [0.25, 0.3) is 5.91 Å². The molecule has 7 heteroatoms. The van der Waals surface area contributed by atoms with Crippen LogP contribution in [0.15, 0.2) is 24.3 Å². The van der Waals surface area contributed by atoms with Gasteiger partial charge in [-0.3, -0.25) is 9.59 Å². The van der Waals surface area contributed by atoms with Crippen LogP contribution in [0.3, 0.4) is 0 Å². The molecule has 0 bridgehead atoms. The molecule has 2 unspecified atom stereocenters. The molecule has 1 aliphatic heterocycles. The van der Waals surface area contributed by atoms with Crippen molar-refractivity contribution in [2.24, 2.45) is 0 Å². The summed E-state index contributed by atoms with van der Waals surface area (Å²) in [6, 6.07) is 5.77. The van der Waals surface area contributed by atoms with Crippen LogP contribution >= 0.6 is 0 Å². The quantitative estimate of drug-likeness (QED) is 0.828. The molecule has 1 heterocycles. The van der Waals surface area contributed by atoms with E-state index in [0.717, 1.165) is 0 Å². The third kappa shape index (κ3) is 3.94. The maximum Gasteiger partial charge on any atom is 0.305 e. The molecule has 0 saturated carbocycles. The van der Waals surface area contributed by atoms with E-state index in [2.05, 4.69) is 5.32 Å². The van der Waals surface area contributed by atoms with Gasteiger partial charge >= 0.3 is 5.97 Å². The summed E-state index contributed by atoms with van der Waals surface area (Å²) in [5.41, 5.74) is -0.935. The SMILES string of the molecule is CC(Oc1ccccc1F)C(=O)NC1(CC(=O)O)CCOC1. The lowest BCUT2D eigenvalue weighted by Crippen LogP contribution is -2.54. The second-order valence-corrected chi connectivity index (χ2v) is 5.33. The lowest BCUT2D eigenvalue weighted by molar-refractivity contribution is -0.139. The van der Waals surface area contributed by atoms with Crippen LogP contribution in [0.5, 0.6) is 5.75 Å². The van der Waals surface area contributed by atoms with Crippen molar-refractivity contribution < 1.29 is 28.6 Å².